The Kier molecular flexibility index (Phi) is 26.5. The summed E-state index contributed by atoms with van der Waals surface area (Å²) < 4.78 is 35.5. The number of halogens is 4. The molecule has 3 aliphatic heterocycles. The van der Waals surface area contributed by atoms with E-state index in [2.05, 4.69) is 73.4 Å². The highest BCUT2D eigenvalue weighted by molar-refractivity contribution is 7.13. The van der Waals surface area contributed by atoms with E-state index >= 15 is 8.78 Å². The number of ketones is 1. The average molecular weight is 1790 g/mol. The average Bonchev–Trinajstić information content (AvgIpc) is 0.925. The molecule has 31 heteroatoms. The van der Waals surface area contributed by atoms with Crippen molar-refractivity contribution in [2.24, 2.45) is 0 Å². The second-order valence-corrected chi connectivity index (χ2v) is 36.4. The fourth-order valence-electron chi connectivity index (χ4n) is 17.9. The Balaban J connectivity index is 0.000000156. The summed E-state index contributed by atoms with van der Waals surface area (Å²) in [5, 5.41) is 15.0. The van der Waals surface area contributed by atoms with Gasteiger partial charge in [0.1, 0.15) is 46.2 Å². The molecule has 5 atom stereocenters. The third kappa shape index (κ3) is 17.1. The van der Waals surface area contributed by atoms with Gasteiger partial charge in [-0.05, 0) is 203 Å². The number of phenols is 1. The van der Waals surface area contributed by atoms with Gasteiger partial charge in [0.2, 0.25) is 17.7 Å². The van der Waals surface area contributed by atoms with Crippen molar-refractivity contribution in [3.63, 3.8) is 0 Å². The van der Waals surface area contributed by atoms with Crippen LogP contribution in [-0.2, 0) is 32.0 Å². The van der Waals surface area contributed by atoms with E-state index in [9.17, 15) is 38.7 Å². The molecule has 0 saturated carbocycles. The van der Waals surface area contributed by atoms with Crippen molar-refractivity contribution in [1.29, 1.82) is 0 Å². The second-order valence-electron chi connectivity index (χ2n) is 34.7. The number of carbonyl (C=O) groups is 4. The monoisotopic (exact) mass is 1790 g/mol. The number of aromatic hydroxyl groups is 1. The summed E-state index contributed by atoms with van der Waals surface area (Å²) >= 11 is 15.5. The maximum absolute atomic E-state index is 16.0. The Morgan fingerprint density at radius 3 is 1.43 bits per heavy atom. The van der Waals surface area contributed by atoms with Gasteiger partial charge in [-0.2, -0.15) is 15.0 Å². The molecule has 16 rings (SSSR count). The van der Waals surface area contributed by atoms with Crippen molar-refractivity contribution >= 4 is 109 Å². The van der Waals surface area contributed by atoms with E-state index in [1.54, 1.807) is 60.0 Å². The Labute approximate surface area is 755 Å². The maximum atomic E-state index is 16.0. The van der Waals surface area contributed by atoms with Crippen molar-refractivity contribution in [3.05, 3.63) is 244 Å². The van der Waals surface area contributed by atoms with E-state index in [4.69, 9.17) is 33.2 Å². The highest BCUT2D eigenvalue weighted by atomic mass is 35.5. The molecule has 0 radical (unpaired) electrons. The summed E-state index contributed by atoms with van der Waals surface area (Å²) in [6.45, 7) is 47.7. The number of hydrogen-bond acceptors (Lipinski definition) is 21. The maximum Gasteiger partial charge on any atom is 0.355 e. The lowest BCUT2D eigenvalue weighted by Gasteiger charge is -2.44. The van der Waals surface area contributed by atoms with Crippen molar-refractivity contribution in [2.75, 3.05) is 60.5 Å². The number of fused-ring (bicyclic) bond motifs is 4. The van der Waals surface area contributed by atoms with Gasteiger partial charge in [-0.15, -0.1) is 11.3 Å². The van der Waals surface area contributed by atoms with Crippen LogP contribution in [0.1, 0.15) is 170 Å². The van der Waals surface area contributed by atoms with Gasteiger partial charge in [-0.25, -0.2) is 51.8 Å². The fourth-order valence-corrected chi connectivity index (χ4v) is 19.4. The number of amides is 3. The highest BCUT2D eigenvalue weighted by Crippen LogP contribution is 2.45. The van der Waals surface area contributed by atoms with Gasteiger partial charge in [-0.3, -0.25) is 34.1 Å². The SMILES string of the molecule is C=CC(=O)N1CC(C)N(c2nc(=O)n(-c3c(C(C)C)cncc3C(C)C)c3nc(-c4c(O)cccc4F)c(F)cc23)CC1C.C=CC(=O)N1CC(C)N(c2nc(=O)n(-c3c(C)ccnc3C(C)C)c3nc(-c4sccc4C)c(Cl)cc23)CC1C.C=CC(=O)N1CCN(c2nc(=O)n(-c3c(C)ccnc3C(C)C)c3nc(-c4c(C)ccc5c4CC(=O)C5)c(Cl)cc23)C(C)C1. The number of pyridine rings is 6. The number of nitrogens with zero attached hydrogens (tertiary/aromatic N) is 18. The van der Waals surface area contributed by atoms with E-state index in [1.165, 1.54) is 41.0 Å². The van der Waals surface area contributed by atoms with Crippen LogP contribution in [-0.4, -0.2) is 178 Å². The van der Waals surface area contributed by atoms with Gasteiger partial charge in [-0.1, -0.05) is 117 Å². The molecule has 664 valence electrons. The minimum atomic E-state index is -0.893. The predicted molar refractivity (Wildman–Crippen MR) is 502 cm³/mol. The quantitative estimate of drug-likeness (QED) is 0.0879. The van der Waals surface area contributed by atoms with Crippen LogP contribution in [0.5, 0.6) is 5.75 Å². The van der Waals surface area contributed by atoms with Gasteiger partial charge >= 0.3 is 17.1 Å². The van der Waals surface area contributed by atoms with Crippen LogP contribution in [0.15, 0.2) is 149 Å². The number of piperazine rings is 3. The molecule has 12 aromatic rings. The number of hydrogen-bond donors (Lipinski definition) is 1. The first kappa shape index (κ1) is 91.6. The number of anilines is 3. The zero-order valence-electron chi connectivity index (χ0n) is 74.9. The molecule has 1 N–H and O–H groups in total. The molecule has 1 aliphatic carbocycles. The summed E-state index contributed by atoms with van der Waals surface area (Å²) in [7, 11) is 0. The number of Topliss-reactive ketones (excluding diaryl/α,β-unsaturated/α-hetero) is 1. The van der Waals surface area contributed by atoms with Crippen LogP contribution in [0.2, 0.25) is 10.0 Å². The Hall–Kier alpha value is -12.6. The molecule has 3 fully saturated rings. The summed E-state index contributed by atoms with van der Waals surface area (Å²) in [6.07, 6.45) is 11.5. The van der Waals surface area contributed by atoms with Gasteiger partial charge in [0, 0.05) is 119 Å². The van der Waals surface area contributed by atoms with E-state index < -0.39 is 45.7 Å². The van der Waals surface area contributed by atoms with E-state index in [1.807, 2.05) is 162 Å². The summed E-state index contributed by atoms with van der Waals surface area (Å²) in [5.74, 6) is -1.36. The minimum Gasteiger partial charge on any atom is -0.507 e. The number of aryl methyl sites for hydroxylation is 4. The lowest BCUT2D eigenvalue weighted by molar-refractivity contribution is -0.129. The van der Waals surface area contributed by atoms with Crippen LogP contribution < -0.4 is 31.8 Å². The number of phenolic OH excluding ortho intramolecular Hbond substituents is 1. The summed E-state index contributed by atoms with van der Waals surface area (Å²) in [6, 6.07) is 17.5. The first-order chi connectivity index (χ1) is 60.9. The van der Waals surface area contributed by atoms with Gasteiger partial charge in [0.05, 0.1) is 70.8 Å². The largest absolute Gasteiger partial charge is 0.507 e. The minimum absolute atomic E-state index is 0.0273. The first-order valence-electron chi connectivity index (χ1n) is 42.9. The topological polar surface area (TPSA) is 290 Å². The van der Waals surface area contributed by atoms with Gasteiger partial charge in [0.15, 0.2) is 22.8 Å². The molecule has 5 unspecified atom stereocenters. The van der Waals surface area contributed by atoms with Crippen LogP contribution in [0.4, 0.5) is 26.2 Å². The Bertz CT molecular complexity index is 6680. The van der Waals surface area contributed by atoms with Crippen molar-refractivity contribution in [3.8, 4) is 55.9 Å². The number of carbonyl (C=O) groups excluding carboxylic acids is 4. The Morgan fingerprint density at radius 1 is 0.492 bits per heavy atom. The molecule has 128 heavy (non-hydrogen) atoms. The lowest BCUT2D eigenvalue weighted by Crippen LogP contribution is -2.58. The van der Waals surface area contributed by atoms with Crippen LogP contribution >= 0.6 is 34.5 Å². The molecule has 3 amide bonds. The molecule has 26 nitrogen and oxygen atoms in total. The smallest absolute Gasteiger partial charge is 0.355 e. The number of thiophene rings is 1. The summed E-state index contributed by atoms with van der Waals surface area (Å²) in [5.41, 5.74) is 11.1. The molecule has 13 heterocycles. The standard InChI is InChI=1S/C34H35ClN6O3.C33H36F2N6O3.C30H33ClN6O2S/c1-7-27(43)39-12-13-40(21(6)17-39)32-25-16-26(35)30(28-19(4)8-9-22-14-23(42)15-24(22)28)37-33(25)41(34(44)38-32)31-20(5)10-11-36-29(31)18(2)3;1-8-27(43)39-15-20(7)40(16-19(39)6)31-21-12-25(35)29(28-24(34)10-9-11-26(28)42)37-32(21)41(33(44)38-31)30-22(17(2)3)13-36-14-23(30)18(4)5;1-8-23(38)35-14-20(7)36(15-19(35)6)28-21-13-22(31)25(27-18(5)10-12-40-27)33-29(21)37(30(39)34-28)26-17(4)9-11-32-24(26)16(2)3/h7-11,16,18,21H,1,12-15,17H2,2-6H3;8-14,17-20,42H,1,15-16H2,2-7H3;8-13,16,19-20H,1,14-15H2,2-7H3. The Morgan fingerprint density at radius 2 is 0.961 bits per heavy atom. The number of rotatable bonds is 16. The van der Waals surface area contributed by atoms with Crippen LogP contribution in [0, 0.1) is 39.3 Å². The van der Waals surface area contributed by atoms with E-state index in [0.29, 0.717) is 131 Å². The predicted octanol–water partition coefficient (Wildman–Crippen LogP) is 16.7. The van der Waals surface area contributed by atoms with Crippen molar-refractivity contribution in [2.45, 2.75) is 184 Å². The van der Waals surface area contributed by atoms with Gasteiger partial charge < -0.3 is 34.5 Å². The highest BCUT2D eigenvalue weighted by Gasteiger charge is 2.39. The molecule has 0 spiro atoms. The zero-order chi connectivity index (χ0) is 92.4. The van der Waals surface area contributed by atoms with Crippen molar-refractivity contribution < 1.29 is 33.1 Å². The van der Waals surface area contributed by atoms with E-state index in [0.717, 1.165) is 72.4 Å². The fraction of sp³-hybridized carbons (Fsp3) is 0.361. The first-order valence-corrected chi connectivity index (χ1v) is 44.5. The van der Waals surface area contributed by atoms with Crippen molar-refractivity contribution in [1.82, 2.24) is 73.3 Å². The zero-order valence-corrected chi connectivity index (χ0v) is 77.3. The molecular weight excluding hydrogens is 1690 g/mol. The molecule has 10 aromatic heterocycles. The second kappa shape index (κ2) is 37.0. The lowest BCUT2D eigenvalue weighted by atomic mass is 9.95. The van der Waals surface area contributed by atoms with Crippen LogP contribution in [0.25, 0.3) is 83.2 Å². The third-order valence-corrected chi connectivity index (χ3v) is 26.0. The molecular formula is C97H104Cl2F2N18O8S. The molecule has 4 aliphatic rings. The van der Waals surface area contributed by atoms with E-state index in [-0.39, 0.29) is 94.2 Å². The van der Waals surface area contributed by atoms with Crippen LogP contribution in [0.3, 0.4) is 0 Å². The third-order valence-electron chi connectivity index (χ3n) is 24.4. The number of benzene rings is 2. The van der Waals surface area contributed by atoms with Gasteiger partial charge in [0.25, 0.3) is 0 Å². The molecule has 2 aromatic carbocycles. The number of aromatic nitrogens is 12. The normalized spacial score (nSPS) is 17.1. The summed E-state index contributed by atoms with van der Waals surface area (Å²) in [4.78, 5) is 147. The molecule has 3 saturated heterocycles. The molecule has 0 bridgehead atoms.